The summed E-state index contributed by atoms with van der Waals surface area (Å²) in [5.74, 6) is -0.177. The average molecular weight is 136 g/mol. The first-order valence-electron chi connectivity index (χ1n) is 3.21. The number of fused-ring (bicyclic) bond motifs is 1. The van der Waals surface area contributed by atoms with Crippen molar-refractivity contribution in [2.45, 2.75) is 6.61 Å². The van der Waals surface area contributed by atoms with E-state index in [0.29, 0.717) is 14.1 Å². The summed E-state index contributed by atoms with van der Waals surface area (Å²) in [5, 5.41) is 0. The Morgan fingerprint density at radius 2 is 2.40 bits per heavy atom. The standard InChI is InChI=1S/C7H6BFO/c9-6-1-2-7-5(3-6)4-10-8-7/h1-3,8H,4H2. The van der Waals surface area contributed by atoms with E-state index in [1.54, 1.807) is 6.07 Å². The van der Waals surface area contributed by atoms with Crippen LogP contribution in [-0.4, -0.2) is 7.48 Å². The van der Waals surface area contributed by atoms with Crippen molar-refractivity contribution in [3.8, 4) is 0 Å². The summed E-state index contributed by atoms with van der Waals surface area (Å²) in [6.07, 6.45) is 0. The zero-order valence-corrected chi connectivity index (χ0v) is 5.43. The monoisotopic (exact) mass is 136 g/mol. The first-order valence-corrected chi connectivity index (χ1v) is 3.21. The Bertz CT molecular complexity index is 262. The molecule has 0 saturated carbocycles. The smallest absolute Gasteiger partial charge is 0.309 e. The van der Waals surface area contributed by atoms with E-state index in [9.17, 15) is 4.39 Å². The second-order valence-corrected chi connectivity index (χ2v) is 2.41. The molecule has 0 aliphatic carbocycles. The maximum absolute atomic E-state index is 12.5. The maximum atomic E-state index is 12.5. The van der Waals surface area contributed by atoms with Crippen molar-refractivity contribution in [3.05, 3.63) is 29.6 Å². The van der Waals surface area contributed by atoms with Gasteiger partial charge in [0.2, 0.25) is 0 Å². The first kappa shape index (κ1) is 5.92. The van der Waals surface area contributed by atoms with E-state index in [0.717, 1.165) is 11.0 Å². The molecule has 0 atom stereocenters. The molecule has 0 fully saturated rings. The molecule has 0 amide bonds. The van der Waals surface area contributed by atoms with Gasteiger partial charge < -0.3 is 4.65 Å². The van der Waals surface area contributed by atoms with Crippen molar-refractivity contribution >= 4 is 12.9 Å². The van der Waals surface area contributed by atoms with Gasteiger partial charge in [0.15, 0.2) is 0 Å². The van der Waals surface area contributed by atoms with Crippen molar-refractivity contribution in [1.29, 1.82) is 0 Å². The molecule has 0 bridgehead atoms. The van der Waals surface area contributed by atoms with E-state index >= 15 is 0 Å². The van der Waals surface area contributed by atoms with E-state index in [4.69, 9.17) is 4.65 Å². The van der Waals surface area contributed by atoms with Gasteiger partial charge in [0, 0.05) is 0 Å². The number of hydrogen-bond acceptors (Lipinski definition) is 1. The Kier molecular flexibility index (Phi) is 1.24. The van der Waals surface area contributed by atoms with Crippen LogP contribution in [0.3, 0.4) is 0 Å². The molecule has 1 aromatic rings. The molecule has 1 nitrogen and oxygen atoms in total. The van der Waals surface area contributed by atoms with Gasteiger partial charge in [-0.3, -0.25) is 0 Å². The Labute approximate surface area is 59.1 Å². The Morgan fingerprint density at radius 1 is 1.50 bits per heavy atom. The number of halogens is 1. The van der Waals surface area contributed by atoms with E-state index in [1.165, 1.54) is 12.1 Å². The summed E-state index contributed by atoms with van der Waals surface area (Å²) in [5.41, 5.74) is 2.10. The van der Waals surface area contributed by atoms with Crippen LogP contribution in [0.2, 0.25) is 0 Å². The van der Waals surface area contributed by atoms with E-state index in [-0.39, 0.29) is 5.82 Å². The van der Waals surface area contributed by atoms with Crippen molar-refractivity contribution in [2.75, 3.05) is 0 Å². The largest absolute Gasteiger partial charge is 0.430 e. The van der Waals surface area contributed by atoms with E-state index in [1.807, 2.05) is 0 Å². The van der Waals surface area contributed by atoms with Crippen LogP contribution in [0.5, 0.6) is 0 Å². The summed E-state index contributed by atoms with van der Waals surface area (Å²) in [6.45, 7) is 0.563. The molecule has 1 aliphatic rings. The minimum atomic E-state index is -0.177. The zero-order valence-electron chi connectivity index (χ0n) is 5.43. The van der Waals surface area contributed by atoms with Crippen LogP contribution in [0, 0.1) is 5.82 Å². The van der Waals surface area contributed by atoms with E-state index in [2.05, 4.69) is 0 Å². The second-order valence-electron chi connectivity index (χ2n) is 2.41. The maximum Gasteiger partial charge on any atom is 0.309 e. The highest BCUT2D eigenvalue weighted by atomic mass is 19.1. The quantitative estimate of drug-likeness (QED) is 0.467. The third-order valence-electron chi connectivity index (χ3n) is 1.68. The minimum Gasteiger partial charge on any atom is -0.430 e. The molecule has 0 unspecified atom stereocenters. The topological polar surface area (TPSA) is 9.23 Å². The van der Waals surface area contributed by atoms with Crippen LogP contribution in [0.1, 0.15) is 5.56 Å². The van der Waals surface area contributed by atoms with Gasteiger partial charge in [0.05, 0.1) is 6.61 Å². The lowest BCUT2D eigenvalue weighted by atomic mass is 9.88. The van der Waals surface area contributed by atoms with Gasteiger partial charge in [-0.15, -0.1) is 0 Å². The average Bonchev–Trinajstić information content (AvgIpc) is 2.33. The van der Waals surface area contributed by atoms with Gasteiger partial charge in [-0.05, 0) is 23.2 Å². The highest BCUT2D eigenvalue weighted by molar-refractivity contribution is 6.48. The van der Waals surface area contributed by atoms with Crippen LogP contribution in [0.4, 0.5) is 4.39 Å². The van der Waals surface area contributed by atoms with Gasteiger partial charge in [0.1, 0.15) is 5.82 Å². The van der Waals surface area contributed by atoms with Crippen molar-refractivity contribution in [3.63, 3.8) is 0 Å². The summed E-state index contributed by atoms with van der Waals surface area (Å²) in [6, 6.07) is 4.77. The first-order chi connectivity index (χ1) is 4.86. The lowest BCUT2D eigenvalue weighted by Gasteiger charge is -1.93. The van der Waals surface area contributed by atoms with Crippen LogP contribution in [-0.2, 0) is 11.3 Å². The molecule has 0 aromatic heterocycles. The molecule has 3 heteroatoms. The predicted octanol–water partition coefficient (Wildman–Crippen LogP) is 0.333. The van der Waals surface area contributed by atoms with Crippen molar-refractivity contribution in [1.82, 2.24) is 0 Å². The lowest BCUT2D eigenvalue weighted by Crippen LogP contribution is -2.10. The summed E-state index contributed by atoms with van der Waals surface area (Å²) in [4.78, 5) is 0. The molecule has 2 rings (SSSR count). The molecule has 0 saturated heterocycles. The Morgan fingerprint density at radius 3 is 3.30 bits per heavy atom. The van der Waals surface area contributed by atoms with Crippen LogP contribution < -0.4 is 5.46 Å². The lowest BCUT2D eigenvalue weighted by molar-refractivity contribution is 0.344. The molecule has 0 N–H and O–H groups in total. The number of rotatable bonds is 0. The zero-order chi connectivity index (χ0) is 6.97. The Balaban J connectivity index is 2.52. The highest BCUT2D eigenvalue weighted by Gasteiger charge is 2.12. The van der Waals surface area contributed by atoms with Gasteiger partial charge >= 0.3 is 7.48 Å². The number of benzene rings is 1. The number of hydrogen-bond donors (Lipinski definition) is 0. The predicted molar refractivity (Wildman–Crippen MR) is 38.0 cm³/mol. The molecule has 1 heterocycles. The van der Waals surface area contributed by atoms with E-state index < -0.39 is 0 Å². The molecular formula is C7H6BFO. The van der Waals surface area contributed by atoms with Crippen LogP contribution in [0.25, 0.3) is 0 Å². The molecule has 50 valence electrons. The molecule has 1 aromatic carbocycles. The minimum absolute atomic E-state index is 0.177. The molecule has 10 heavy (non-hydrogen) atoms. The van der Waals surface area contributed by atoms with Gasteiger partial charge in [-0.2, -0.15) is 0 Å². The third-order valence-corrected chi connectivity index (χ3v) is 1.68. The third kappa shape index (κ3) is 0.828. The second kappa shape index (κ2) is 2.09. The summed E-state index contributed by atoms with van der Waals surface area (Å²) >= 11 is 0. The van der Waals surface area contributed by atoms with Crippen molar-refractivity contribution in [2.24, 2.45) is 0 Å². The normalized spacial score (nSPS) is 14.5. The molecular weight excluding hydrogens is 130 g/mol. The van der Waals surface area contributed by atoms with Crippen LogP contribution >= 0.6 is 0 Å². The van der Waals surface area contributed by atoms with Crippen molar-refractivity contribution < 1.29 is 9.04 Å². The molecule has 0 radical (unpaired) electrons. The highest BCUT2D eigenvalue weighted by Crippen LogP contribution is 2.06. The Hall–Kier alpha value is -0.825. The summed E-state index contributed by atoms with van der Waals surface area (Å²) in [7, 11) is 0.635. The fourth-order valence-electron chi connectivity index (χ4n) is 1.14. The van der Waals surface area contributed by atoms with Gasteiger partial charge in [-0.1, -0.05) is 6.07 Å². The molecule has 1 aliphatic heterocycles. The summed E-state index contributed by atoms with van der Waals surface area (Å²) < 4.78 is 17.6. The fraction of sp³-hybridized carbons (Fsp3) is 0.143. The SMILES string of the molecule is Fc1ccc2c(c1)COB2. The van der Waals surface area contributed by atoms with Gasteiger partial charge in [0.25, 0.3) is 0 Å². The fourth-order valence-corrected chi connectivity index (χ4v) is 1.14. The van der Waals surface area contributed by atoms with Gasteiger partial charge in [-0.25, -0.2) is 4.39 Å². The molecule has 0 spiro atoms. The van der Waals surface area contributed by atoms with Crippen LogP contribution in [0.15, 0.2) is 18.2 Å².